The number of aliphatic imine (C=N–C) groups is 1. The number of hydrogen-bond acceptors (Lipinski definition) is 2. The lowest BCUT2D eigenvalue weighted by Crippen LogP contribution is -2.10. The Kier molecular flexibility index (Phi) is 2.89. The number of nitrogens with zero attached hydrogens (tertiary/aromatic N) is 2. The standard InChI is InChI=1S/C17H14N2/c18-13-17(11-12-17)19-16(14-7-3-1-4-8-14)15-9-5-2-6-10-15/h1-10H,11-12H2. The van der Waals surface area contributed by atoms with Gasteiger partial charge in [-0.15, -0.1) is 0 Å². The molecular weight excluding hydrogens is 232 g/mol. The van der Waals surface area contributed by atoms with Crippen molar-refractivity contribution in [1.82, 2.24) is 0 Å². The first kappa shape index (κ1) is 11.7. The van der Waals surface area contributed by atoms with E-state index in [1.807, 2.05) is 60.7 Å². The molecule has 2 nitrogen and oxygen atoms in total. The Labute approximate surface area is 113 Å². The van der Waals surface area contributed by atoms with Gasteiger partial charge in [0.05, 0.1) is 11.8 Å². The molecule has 0 saturated heterocycles. The summed E-state index contributed by atoms with van der Waals surface area (Å²) in [5.41, 5.74) is 2.56. The predicted octanol–water partition coefficient (Wildman–Crippen LogP) is 3.58. The summed E-state index contributed by atoms with van der Waals surface area (Å²) in [4.78, 5) is 4.73. The Bertz CT molecular complexity index is 590. The summed E-state index contributed by atoms with van der Waals surface area (Å²) in [6.45, 7) is 0. The van der Waals surface area contributed by atoms with Gasteiger partial charge in [-0.3, -0.25) is 4.99 Å². The molecular formula is C17H14N2. The van der Waals surface area contributed by atoms with Crippen LogP contribution in [0.4, 0.5) is 0 Å². The van der Waals surface area contributed by atoms with E-state index in [0.29, 0.717) is 0 Å². The lowest BCUT2D eigenvalue weighted by Gasteiger charge is -2.09. The topological polar surface area (TPSA) is 36.1 Å². The van der Waals surface area contributed by atoms with Crippen molar-refractivity contribution in [2.24, 2.45) is 4.99 Å². The lowest BCUT2D eigenvalue weighted by atomic mass is 10.0. The zero-order valence-corrected chi connectivity index (χ0v) is 10.6. The first-order chi connectivity index (χ1) is 9.33. The van der Waals surface area contributed by atoms with Crippen LogP contribution in [0.15, 0.2) is 65.7 Å². The van der Waals surface area contributed by atoms with E-state index < -0.39 is 5.54 Å². The van der Waals surface area contributed by atoms with Crippen molar-refractivity contribution in [2.45, 2.75) is 18.4 Å². The zero-order valence-electron chi connectivity index (χ0n) is 10.6. The van der Waals surface area contributed by atoms with Gasteiger partial charge in [0.25, 0.3) is 0 Å². The smallest absolute Gasteiger partial charge is 0.147 e. The molecule has 0 unspecified atom stereocenters. The van der Waals surface area contributed by atoms with Crippen LogP contribution in [0.2, 0.25) is 0 Å². The summed E-state index contributed by atoms with van der Waals surface area (Å²) in [7, 11) is 0. The Morgan fingerprint density at radius 2 is 1.37 bits per heavy atom. The molecule has 2 aromatic rings. The van der Waals surface area contributed by atoms with E-state index in [-0.39, 0.29) is 0 Å². The summed E-state index contributed by atoms with van der Waals surface area (Å²) in [5, 5.41) is 9.24. The minimum Gasteiger partial charge on any atom is -0.262 e. The van der Waals surface area contributed by atoms with Crippen molar-refractivity contribution in [1.29, 1.82) is 5.26 Å². The normalized spacial score (nSPS) is 15.3. The SMILES string of the molecule is N#CC1(N=C(c2ccccc2)c2ccccc2)CC1. The molecule has 0 atom stereocenters. The monoisotopic (exact) mass is 246 g/mol. The maximum absolute atomic E-state index is 9.24. The van der Waals surface area contributed by atoms with Gasteiger partial charge in [-0.1, -0.05) is 60.7 Å². The summed E-state index contributed by atoms with van der Waals surface area (Å²) < 4.78 is 0. The second kappa shape index (κ2) is 4.70. The Balaban J connectivity index is 2.10. The fourth-order valence-electron chi connectivity index (χ4n) is 2.07. The van der Waals surface area contributed by atoms with Gasteiger partial charge in [-0.05, 0) is 12.8 Å². The highest BCUT2D eigenvalue weighted by molar-refractivity contribution is 6.13. The summed E-state index contributed by atoms with van der Waals surface area (Å²) in [5.74, 6) is 0. The van der Waals surface area contributed by atoms with Crippen molar-refractivity contribution in [3.05, 3.63) is 71.8 Å². The molecule has 92 valence electrons. The summed E-state index contributed by atoms with van der Waals surface area (Å²) >= 11 is 0. The third-order valence-electron chi connectivity index (χ3n) is 3.35. The number of hydrogen-bond donors (Lipinski definition) is 0. The quantitative estimate of drug-likeness (QED) is 0.762. The summed E-state index contributed by atoms with van der Waals surface area (Å²) in [6, 6.07) is 22.5. The van der Waals surface area contributed by atoms with Crippen LogP contribution in [-0.2, 0) is 0 Å². The predicted molar refractivity (Wildman–Crippen MR) is 76.1 cm³/mol. The molecule has 0 bridgehead atoms. The van der Waals surface area contributed by atoms with Gasteiger partial charge in [0.15, 0.2) is 0 Å². The van der Waals surface area contributed by atoms with Crippen molar-refractivity contribution in [2.75, 3.05) is 0 Å². The van der Waals surface area contributed by atoms with Crippen LogP contribution in [0.3, 0.4) is 0 Å². The molecule has 0 radical (unpaired) electrons. The highest BCUT2D eigenvalue weighted by Crippen LogP contribution is 2.39. The average Bonchev–Trinajstić information content (AvgIpc) is 3.27. The van der Waals surface area contributed by atoms with E-state index in [1.54, 1.807) is 0 Å². The zero-order chi connectivity index (χ0) is 13.1. The van der Waals surface area contributed by atoms with Gasteiger partial charge in [-0.2, -0.15) is 5.26 Å². The van der Waals surface area contributed by atoms with E-state index in [9.17, 15) is 5.26 Å². The molecule has 0 aromatic heterocycles. The van der Waals surface area contributed by atoms with Crippen LogP contribution in [0, 0.1) is 11.3 Å². The maximum Gasteiger partial charge on any atom is 0.147 e. The van der Waals surface area contributed by atoms with E-state index in [0.717, 1.165) is 29.7 Å². The highest BCUT2D eigenvalue weighted by atomic mass is 14.9. The van der Waals surface area contributed by atoms with Crippen molar-refractivity contribution in [3.8, 4) is 6.07 Å². The Hall–Kier alpha value is -2.40. The van der Waals surface area contributed by atoms with Gasteiger partial charge >= 0.3 is 0 Å². The third-order valence-corrected chi connectivity index (χ3v) is 3.35. The molecule has 1 aliphatic carbocycles. The molecule has 2 heteroatoms. The van der Waals surface area contributed by atoms with Crippen molar-refractivity contribution in [3.63, 3.8) is 0 Å². The first-order valence-corrected chi connectivity index (χ1v) is 6.45. The minimum absolute atomic E-state index is 0.485. The van der Waals surface area contributed by atoms with Crippen molar-refractivity contribution >= 4 is 5.71 Å². The molecule has 1 aliphatic rings. The maximum atomic E-state index is 9.24. The largest absolute Gasteiger partial charge is 0.262 e. The number of rotatable bonds is 3. The summed E-state index contributed by atoms with van der Waals surface area (Å²) in [6.07, 6.45) is 1.74. The van der Waals surface area contributed by atoms with Crippen LogP contribution in [-0.4, -0.2) is 11.3 Å². The molecule has 2 aromatic carbocycles. The first-order valence-electron chi connectivity index (χ1n) is 6.45. The molecule has 1 fully saturated rings. The van der Waals surface area contributed by atoms with Crippen LogP contribution < -0.4 is 0 Å². The minimum atomic E-state index is -0.485. The van der Waals surface area contributed by atoms with E-state index in [4.69, 9.17) is 4.99 Å². The lowest BCUT2D eigenvalue weighted by molar-refractivity contribution is 0.874. The molecule has 0 N–H and O–H groups in total. The van der Waals surface area contributed by atoms with Gasteiger partial charge in [-0.25, -0.2) is 0 Å². The molecule has 1 saturated carbocycles. The third kappa shape index (κ3) is 2.41. The van der Waals surface area contributed by atoms with Crippen LogP contribution in [0.5, 0.6) is 0 Å². The van der Waals surface area contributed by atoms with Crippen LogP contribution in [0.25, 0.3) is 0 Å². The molecule has 0 aliphatic heterocycles. The molecule has 19 heavy (non-hydrogen) atoms. The van der Waals surface area contributed by atoms with Crippen molar-refractivity contribution < 1.29 is 0 Å². The van der Waals surface area contributed by atoms with Crippen LogP contribution >= 0.6 is 0 Å². The number of nitriles is 1. The van der Waals surface area contributed by atoms with E-state index in [1.165, 1.54) is 0 Å². The molecule has 0 heterocycles. The number of benzene rings is 2. The van der Waals surface area contributed by atoms with Gasteiger partial charge in [0, 0.05) is 11.1 Å². The van der Waals surface area contributed by atoms with Crippen LogP contribution in [0.1, 0.15) is 24.0 Å². The molecule has 0 spiro atoms. The second-order valence-electron chi connectivity index (χ2n) is 4.84. The van der Waals surface area contributed by atoms with E-state index >= 15 is 0 Å². The fourth-order valence-corrected chi connectivity index (χ4v) is 2.07. The second-order valence-corrected chi connectivity index (χ2v) is 4.84. The molecule has 0 amide bonds. The highest BCUT2D eigenvalue weighted by Gasteiger charge is 2.43. The Morgan fingerprint density at radius 3 is 1.74 bits per heavy atom. The van der Waals surface area contributed by atoms with Gasteiger partial charge < -0.3 is 0 Å². The fraction of sp³-hybridized carbons (Fsp3) is 0.176. The van der Waals surface area contributed by atoms with Gasteiger partial charge in [0.2, 0.25) is 0 Å². The van der Waals surface area contributed by atoms with Gasteiger partial charge in [0.1, 0.15) is 5.54 Å². The molecule has 3 rings (SSSR count). The van der Waals surface area contributed by atoms with E-state index in [2.05, 4.69) is 6.07 Å². The average molecular weight is 246 g/mol. The Morgan fingerprint density at radius 1 is 0.895 bits per heavy atom.